The highest BCUT2D eigenvalue weighted by atomic mass is 32.2. The minimum Gasteiger partial charge on any atom is -0.398 e. The second-order valence-corrected chi connectivity index (χ2v) is 4.78. The van der Waals surface area contributed by atoms with Crippen LogP contribution in [0.3, 0.4) is 0 Å². The Bertz CT molecular complexity index is 594. The predicted octanol–water partition coefficient (Wildman–Crippen LogP) is 3.49. The van der Waals surface area contributed by atoms with E-state index in [1.165, 1.54) is 18.9 Å². The van der Waals surface area contributed by atoms with Gasteiger partial charge in [-0.3, -0.25) is 0 Å². The number of aryl methyl sites for hydroxylation is 1. The monoisotopic (exact) mass is 256 g/mol. The summed E-state index contributed by atoms with van der Waals surface area (Å²) < 4.78 is 0. The van der Waals surface area contributed by atoms with E-state index in [0.717, 1.165) is 21.1 Å². The van der Waals surface area contributed by atoms with Gasteiger partial charge in [0.2, 0.25) is 0 Å². The van der Waals surface area contributed by atoms with E-state index < -0.39 is 0 Å². The lowest BCUT2D eigenvalue weighted by Crippen LogP contribution is -1.89. The molecule has 0 radical (unpaired) electrons. The van der Waals surface area contributed by atoms with Gasteiger partial charge in [-0.2, -0.15) is 5.26 Å². The Morgan fingerprint density at radius 1 is 1.33 bits per heavy atom. The molecule has 0 saturated heterocycles. The number of thioether (sulfide) groups is 1. The van der Waals surface area contributed by atoms with E-state index in [4.69, 9.17) is 4.84 Å². The van der Waals surface area contributed by atoms with E-state index in [-0.39, 0.29) is 0 Å². The van der Waals surface area contributed by atoms with Crippen molar-refractivity contribution in [3.05, 3.63) is 52.4 Å². The molecule has 1 aliphatic rings. The van der Waals surface area contributed by atoms with Crippen LogP contribution in [0.5, 0.6) is 0 Å². The molecule has 0 amide bonds. The number of hydrogen-bond acceptors (Lipinski definition) is 4. The fourth-order valence-corrected chi connectivity index (χ4v) is 2.57. The first-order valence-corrected chi connectivity index (χ1v) is 6.25. The van der Waals surface area contributed by atoms with Crippen molar-refractivity contribution in [1.82, 2.24) is 0 Å². The first-order chi connectivity index (χ1) is 8.76. The van der Waals surface area contributed by atoms with Crippen molar-refractivity contribution in [1.29, 1.82) is 5.26 Å². The molecule has 2 rings (SSSR count). The van der Waals surface area contributed by atoms with Crippen molar-refractivity contribution in [2.24, 2.45) is 5.16 Å². The van der Waals surface area contributed by atoms with Gasteiger partial charge in [-0.25, -0.2) is 0 Å². The Morgan fingerprint density at radius 2 is 2.11 bits per heavy atom. The van der Waals surface area contributed by atoms with Crippen LogP contribution >= 0.6 is 11.8 Å². The number of nitriles is 1. The van der Waals surface area contributed by atoms with E-state index in [1.54, 1.807) is 0 Å². The molecule has 1 aliphatic heterocycles. The average molecular weight is 256 g/mol. The largest absolute Gasteiger partial charge is 0.398 e. The summed E-state index contributed by atoms with van der Waals surface area (Å²) in [5, 5.41) is 14.0. The molecule has 0 saturated carbocycles. The highest BCUT2D eigenvalue weighted by Gasteiger charge is 2.16. The fraction of sp³-hybridized carbons (Fsp3) is 0.143. The molecule has 0 bridgehead atoms. The number of allylic oxidation sites excluding steroid dienone is 2. The molecule has 0 spiro atoms. The van der Waals surface area contributed by atoms with Crippen molar-refractivity contribution in [2.45, 2.75) is 6.92 Å². The Balaban J connectivity index is 2.43. The molecule has 4 heteroatoms. The minimum absolute atomic E-state index is 0.677. The summed E-state index contributed by atoms with van der Waals surface area (Å²) in [7, 11) is 1.51. The average Bonchev–Trinajstić information content (AvgIpc) is 2.82. The topological polar surface area (TPSA) is 45.4 Å². The highest BCUT2D eigenvalue weighted by Crippen LogP contribution is 2.34. The van der Waals surface area contributed by atoms with Crippen molar-refractivity contribution in [3.63, 3.8) is 0 Å². The minimum atomic E-state index is 0.677. The van der Waals surface area contributed by atoms with E-state index in [1.807, 2.05) is 43.3 Å². The SMILES string of the molecule is CO/N=C1C=C/C(=C(\C#N)c2ccccc2C)S\1. The summed E-state index contributed by atoms with van der Waals surface area (Å²) in [5.74, 6) is 0. The van der Waals surface area contributed by atoms with Crippen molar-refractivity contribution in [3.8, 4) is 6.07 Å². The number of oxime groups is 1. The Labute approximate surface area is 110 Å². The maximum atomic E-state index is 9.35. The van der Waals surface area contributed by atoms with E-state index in [0.29, 0.717) is 5.57 Å². The summed E-state index contributed by atoms with van der Waals surface area (Å²) >= 11 is 1.44. The van der Waals surface area contributed by atoms with Gasteiger partial charge in [0.25, 0.3) is 0 Å². The van der Waals surface area contributed by atoms with Crippen LogP contribution in [0.4, 0.5) is 0 Å². The normalized spacial score (nSPS) is 18.8. The summed E-state index contributed by atoms with van der Waals surface area (Å²) in [6, 6.07) is 10.1. The van der Waals surface area contributed by atoms with Crippen LogP contribution in [0, 0.1) is 18.3 Å². The summed E-state index contributed by atoms with van der Waals surface area (Å²) in [6.45, 7) is 2.00. The number of rotatable bonds is 2. The van der Waals surface area contributed by atoms with Gasteiger partial charge >= 0.3 is 0 Å². The first kappa shape index (κ1) is 12.5. The molecular weight excluding hydrogens is 244 g/mol. The molecule has 1 aromatic carbocycles. The lowest BCUT2D eigenvalue weighted by molar-refractivity contribution is 0.215. The standard InChI is InChI=1S/C14H12N2OS/c1-10-5-3-4-6-11(10)12(9-15)13-7-8-14(18-13)16-17-2/h3-8H,1-2H3/b13-12-,16-14+. The van der Waals surface area contributed by atoms with Crippen LogP contribution in [-0.4, -0.2) is 12.2 Å². The van der Waals surface area contributed by atoms with Crippen LogP contribution < -0.4 is 0 Å². The quantitative estimate of drug-likeness (QED) is 0.601. The van der Waals surface area contributed by atoms with Gasteiger partial charge in [0, 0.05) is 4.91 Å². The molecule has 0 fully saturated rings. The zero-order chi connectivity index (χ0) is 13.0. The maximum Gasteiger partial charge on any atom is 0.140 e. The van der Waals surface area contributed by atoms with E-state index in [9.17, 15) is 5.26 Å². The molecule has 0 aliphatic carbocycles. The van der Waals surface area contributed by atoms with E-state index >= 15 is 0 Å². The van der Waals surface area contributed by atoms with Gasteiger partial charge in [-0.1, -0.05) is 41.2 Å². The number of nitrogens with zero attached hydrogens (tertiary/aromatic N) is 2. The van der Waals surface area contributed by atoms with Crippen LogP contribution in [0.15, 0.2) is 46.5 Å². The molecule has 18 heavy (non-hydrogen) atoms. The molecule has 90 valence electrons. The second-order valence-electron chi connectivity index (χ2n) is 3.71. The van der Waals surface area contributed by atoms with Crippen LogP contribution in [-0.2, 0) is 4.84 Å². The van der Waals surface area contributed by atoms with E-state index in [2.05, 4.69) is 11.2 Å². The van der Waals surface area contributed by atoms with Crippen LogP contribution in [0.2, 0.25) is 0 Å². The van der Waals surface area contributed by atoms with Crippen molar-refractivity contribution in [2.75, 3.05) is 7.11 Å². The third-order valence-electron chi connectivity index (χ3n) is 2.55. The smallest absolute Gasteiger partial charge is 0.140 e. The maximum absolute atomic E-state index is 9.35. The highest BCUT2D eigenvalue weighted by molar-refractivity contribution is 8.18. The Morgan fingerprint density at radius 3 is 2.78 bits per heavy atom. The van der Waals surface area contributed by atoms with Gasteiger partial charge in [-0.15, -0.1) is 0 Å². The summed E-state index contributed by atoms with van der Waals surface area (Å²) in [5.41, 5.74) is 2.73. The van der Waals surface area contributed by atoms with Crippen LogP contribution in [0.1, 0.15) is 11.1 Å². The van der Waals surface area contributed by atoms with Crippen molar-refractivity contribution >= 4 is 22.4 Å². The molecular formula is C14H12N2OS. The zero-order valence-electron chi connectivity index (χ0n) is 10.2. The fourth-order valence-electron chi connectivity index (χ4n) is 1.70. The zero-order valence-corrected chi connectivity index (χ0v) is 11.0. The van der Waals surface area contributed by atoms with Gasteiger partial charge in [-0.05, 0) is 30.2 Å². The van der Waals surface area contributed by atoms with Crippen LogP contribution in [0.25, 0.3) is 5.57 Å². The third-order valence-corrected chi connectivity index (χ3v) is 3.53. The van der Waals surface area contributed by atoms with Gasteiger partial charge in [0.15, 0.2) is 0 Å². The van der Waals surface area contributed by atoms with Gasteiger partial charge in [0.05, 0.1) is 5.57 Å². The predicted molar refractivity (Wildman–Crippen MR) is 74.9 cm³/mol. The molecule has 0 N–H and O–H groups in total. The van der Waals surface area contributed by atoms with Gasteiger partial charge < -0.3 is 4.84 Å². The lowest BCUT2D eigenvalue weighted by Gasteiger charge is -2.05. The molecule has 1 aromatic rings. The Kier molecular flexibility index (Phi) is 3.85. The number of hydrogen-bond donors (Lipinski definition) is 0. The summed E-state index contributed by atoms with van der Waals surface area (Å²) in [6.07, 6.45) is 3.74. The first-order valence-electron chi connectivity index (χ1n) is 5.43. The second kappa shape index (κ2) is 5.56. The third kappa shape index (κ3) is 2.47. The van der Waals surface area contributed by atoms with Gasteiger partial charge in [0.1, 0.15) is 18.2 Å². The Hall–Kier alpha value is -1.99. The molecule has 0 atom stereocenters. The molecule has 1 heterocycles. The molecule has 0 unspecified atom stereocenters. The lowest BCUT2D eigenvalue weighted by atomic mass is 10.0. The number of benzene rings is 1. The molecule has 3 nitrogen and oxygen atoms in total. The molecule has 0 aromatic heterocycles. The summed E-state index contributed by atoms with van der Waals surface area (Å²) in [4.78, 5) is 5.63. The van der Waals surface area contributed by atoms with Crippen molar-refractivity contribution < 1.29 is 4.84 Å².